The minimum absolute atomic E-state index is 0.0445. The van der Waals surface area contributed by atoms with E-state index in [0.29, 0.717) is 22.0 Å². The fourth-order valence-electron chi connectivity index (χ4n) is 3.54. The number of ether oxygens (including phenoxy) is 1. The number of benzene rings is 1. The number of halogens is 1. The molecule has 156 valence electrons. The summed E-state index contributed by atoms with van der Waals surface area (Å²) in [5.41, 5.74) is 1.48. The summed E-state index contributed by atoms with van der Waals surface area (Å²) in [4.78, 5) is 35.8. The van der Waals surface area contributed by atoms with Gasteiger partial charge in [-0.05, 0) is 42.0 Å². The maximum Gasteiger partial charge on any atom is 0.296 e. The first-order valence-corrected chi connectivity index (χ1v) is 9.81. The number of aliphatic hydroxyl groups excluding tert-OH is 1. The SMILES string of the molecule is COc1cc(/C(O)=C2/C(=O)C(=O)N(Cc3cccnc3)C2c2ccccn2)ccc1Cl. The highest BCUT2D eigenvalue weighted by Crippen LogP contribution is 2.40. The van der Waals surface area contributed by atoms with Crippen molar-refractivity contribution in [2.75, 3.05) is 7.11 Å². The average Bonchev–Trinajstić information content (AvgIpc) is 3.05. The number of methoxy groups -OCH3 is 1. The van der Waals surface area contributed by atoms with Gasteiger partial charge in [0, 0.05) is 30.7 Å². The lowest BCUT2D eigenvalue weighted by atomic mass is 9.98. The fourth-order valence-corrected chi connectivity index (χ4v) is 3.73. The normalized spacial score (nSPS) is 17.7. The second kappa shape index (κ2) is 8.57. The van der Waals surface area contributed by atoms with Crippen LogP contribution in [0, 0.1) is 0 Å². The highest BCUT2D eigenvalue weighted by Gasteiger charge is 2.46. The molecule has 1 aliphatic heterocycles. The molecule has 3 heterocycles. The molecule has 1 atom stereocenters. The first-order chi connectivity index (χ1) is 15.0. The zero-order chi connectivity index (χ0) is 22.0. The number of nitrogens with zero attached hydrogens (tertiary/aromatic N) is 3. The Bertz CT molecular complexity index is 1170. The standard InChI is InChI=1S/C23H18ClN3O4/c1-31-18-11-15(7-8-16(18)24)21(28)19-20(17-6-2-3-10-26-17)27(23(30)22(19)29)13-14-5-4-9-25-12-14/h2-12,20,28H,13H2,1H3/b21-19-. The van der Waals surface area contributed by atoms with E-state index in [0.717, 1.165) is 5.56 Å². The summed E-state index contributed by atoms with van der Waals surface area (Å²) in [7, 11) is 1.45. The summed E-state index contributed by atoms with van der Waals surface area (Å²) in [6.07, 6.45) is 4.82. The van der Waals surface area contributed by atoms with Gasteiger partial charge in [0.1, 0.15) is 17.6 Å². The van der Waals surface area contributed by atoms with Gasteiger partial charge in [0.25, 0.3) is 11.7 Å². The van der Waals surface area contributed by atoms with Crippen LogP contribution in [0.1, 0.15) is 22.9 Å². The van der Waals surface area contributed by atoms with E-state index in [1.165, 1.54) is 18.1 Å². The van der Waals surface area contributed by atoms with E-state index in [2.05, 4.69) is 9.97 Å². The van der Waals surface area contributed by atoms with Crippen molar-refractivity contribution in [3.63, 3.8) is 0 Å². The van der Waals surface area contributed by atoms with Gasteiger partial charge in [0.2, 0.25) is 0 Å². The smallest absolute Gasteiger partial charge is 0.296 e. The number of rotatable bonds is 5. The molecular formula is C23H18ClN3O4. The third-order valence-corrected chi connectivity index (χ3v) is 5.32. The van der Waals surface area contributed by atoms with Gasteiger partial charge in [-0.25, -0.2) is 0 Å². The van der Waals surface area contributed by atoms with Crippen LogP contribution in [0.2, 0.25) is 5.02 Å². The Morgan fingerprint density at radius 3 is 2.68 bits per heavy atom. The van der Waals surface area contributed by atoms with Crippen LogP contribution in [-0.2, 0) is 16.1 Å². The van der Waals surface area contributed by atoms with Crippen molar-refractivity contribution >= 4 is 29.1 Å². The van der Waals surface area contributed by atoms with Crippen LogP contribution in [-0.4, -0.2) is 38.8 Å². The van der Waals surface area contributed by atoms with E-state index in [4.69, 9.17) is 16.3 Å². The van der Waals surface area contributed by atoms with Gasteiger partial charge in [0.05, 0.1) is 23.4 Å². The van der Waals surface area contributed by atoms with Crippen molar-refractivity contribution in [3.05, 3.63) is 94.5 Å². The second-order valence-electron chi connectivity index (χ2n) is 6.89. The molecule has 1 unspecified atom stereocenters. The summed E-state index contributed by atoms with van der Waals surface area (Å²) in [5.74, 6) is -1.49. The van der Waals surface area contributed by atoms with Crippen molar-refractivity contribution in [1.29, 1.82) is 0 Å². The van der Waals surface area contributed by atoms with E-state index in [1.807, 2.05) is 6.07 Å². The first kappa shape index (κ1) is 20.6. The minimum atomic E-state index is -0.858. The van der Waals surface area contributed by atoms with Gasteiger partial charge in [-0.15, -0.1) is 0 Å². The zero-order valence-electron chi connectivity index (χ0n) is 16.5. The quantitative estimate of drug-likeness (QED) is 0.372. The third-order valence-electron chi connectivity index (χ3n) is 5.01. The molecule has 0 spiro atoms. The molecule has 0 saturated carbocycles. The van der Waals surface area contributed by atoms with Crippen molar-refractivity contribution in [3.8, 4) is 5.75 Å². The number of carbonyl (C=O) groups excluding carboxylic acids is 2. The maximum atomic E-state index is 13.0. The summed E-state index contributed by atoms with van der Waals surface area (Å²) in [6.45, 7) is 0.139. The number of amides is 1. The van der Waals surface area contributed by atoms with E-state index in [9.17, 15) is 14.7 Å². The molecule has 1 aliphatic rings. The van der Waals surface area contributed by atoms with Crippen molar-refractivity contribution < 1.29 is 19.4 Å². The van der Waals surface area contributed by atoms with E-state index in [-0.39, 0.29) is 17.9 Å². The van der Waals surface area contributed by atoms with E-state index < -0.39 is 17.7 Å². The van der Waals surface area contributed by atoms with Crippen LogP contribution < -0.4 is 4.74 Å². The Morgan fingerprint density at radius 1 is 1.16 bits per heavy atom. The van der Waals surface area contributed by atoms with Crippen LogP contribution in [0.4, 0.5) is 0 Å². The molecular weight excluding hydrogens is 418 g/mol. The number of aromatic nitrogens is 2. The van der Waals surface area contributed by atoms with Gasteiger partial charge in [0.15, 0.2) is 0 Å². The number of pyridine rings is 2. The molecule has 8 heteroatoms. The fraction of sp³-hybridized carbons (Fsp3) is 0.130. The maximum absolute atomic E-state index is 13.0. The molecule has 1 N–H and O–H groups in total. The van der Waals surface area contributed by atoms with Crippen LogP contribution in [0.3, 0.4) is 0 Å². The number of hydrogen-bond acceptors (Lipinski definition) is 6. The molecule has 3 aromatic rings. The predicted octanol–water partition coefficient (Wildman–Crippen LogP) is 3.76. The minimum Gasteiger partial charge on any atom is -0.507 e. The Hall–Kier alpha value is -3.71. The highest BCUT2D eigenvalue weighted by molar-refractivity contribution is 6.46. The van der Waals surface area contributed by atoms with Crippen LogP contribution in [0.5, 0.6) is 5.75 Å². The Balaban J connectivity index is 1.86. The summed E-state index contributed by atoms with van der Waals surface area (Å²) >= 11 is 6.08. The average molecular weight is 436 g/mol. The van der Waals surface area contributed by atoms with Gasteiger partial charge in [-0.2, -0.15) is 0 Å². The Morgan fingerprint density at radius 2 is 2.00 bits per heavy atom. The summed E-state index contributed by atoms with van der Waals surface area (Å²) in [6, 6.07) is 12.5. The molecule has 1 amide bonds. The molecule has 0 aliphatic carbocycles. The lowest BCUT2D eigenvalue weighted by Gasteiger charge is -2.24. The van der Waals surface area contributed by atoms with Crippen LogP contribution in [0.25, 0.3) is 5.76 Å². The lowest BCUT2D eigenvalue weighted by Crippen LogP contribution is -2.29. The highest BCUT2D eigenvalue weighted by atomic mass is 35.5. The molecule has 1 fully saturated rings. The van der Waals surface area contributed by atoms with E-state index in [1.54, 1.807) is 55.0 Å². The van der Waals surface area contributed by atoms with Crippen LogP contribution in [0.15, 0.2) is 72.7 Å². The van der Waals surface area contributed by atoms with Gasteiger partial charge >= 0.3 is 0 Å². The topological polar surface area (TPSA) is 92.6 Å². The molecule has 0 radical (unpaired) electrons. The van der Waals surface area contributed by atoms with Gasteiger partial charge in [-0.3, -0.25) is 19.6 Å². The van der Waals surface area contributed by atoms with Gasteiger partial charge < -0.3 is 14.7 Å². The third kappa shape index (κ3) is 3.87. The molecule has 31 heavy (non-hydrogen) atoms. The summed E-state index contributed by atoms with van der Waals surface area (Å²) < 4.78 is 5.21. The number of Topliss-reactive ketones (excluding diaryl/α,β-unsaturated/α-hetero) is 1. The lowest BCUT2D eigenvalue weighted by molar-refractivity contribution is -0.140. The monoisotopic (exact) mass is 435 g/mol. The Labute approximate surface area is 183 Å². The molecule has 1 aromatic carbocycles. The number of hydrogen-bond donors (Lipinski definition) is 1. The predicted molar refractivity (Wildman–Crippen MR) is 114 cm³/mol. The number of likely N-dealkylation sites (tertiary alicyclic amines) is 1. The number of aliphatic hydroxyl groups is 1. The van der Waals surface area contributed by atoms with Crippen molar-refractivity contribution in [1.82, 2.24) is 14.9 Å². The van der Waals surface area contributed by atoms with Crippen LogP contribution >= 0.6 is 11.6 Å². The van der Waals surface area contributed by atoms with Crippen molar-refractivity contribution in [2.45, 2.75) is 12.6 Å². The van der Waals surface area contributed by atoms with Crippen molar-refractivity contribution in [2.24, 2.45) is 0 Å². The molecule has 4 rings (SSSR count). The number of ketones is 1. The zero-order valence-corrected chi connectivity index (χ0v) is 17.3. The summed E-state index contributed by atoms with van der Waals surface area (Å²) in [5, 5.41) is 11.4. The molecule has 0 bridgehead atoms. The molecule has 1 saturated heterocycles. The van der Waals surface area contributed by atoms with E-state index >= 15 is 0 Å². The second-order valence-corrected chi connectivity index (χ2v) is 7.30. The Kier molecular flexibility index (Phi) is 5.68. The molecule has 7 nitrogen and oxygen atoms in total. The number of carbonyl (C=O) groups is 2. The van der Waals surface area contributed by atoms with Gasteiger partial charge in [-0.1, -0.05) is 23.7 Å². The molecule has 2 aromatic heterocycles. The first-order valence-electron chi connectivity index (χ1n) is 9.43. The largest absolute Gasteiger partial charge is 0.507 e.